The highest BCUT2D eigenvalue weighted by atomic mass is 35.5. The third-order valence-electron chi connectivity index (χ3n) is 4.33. The van der Waals surface area contributed by atoms with Crippen LogP contribution in [0.25, 0.3) is 11.3 Å². The monoisotopic (exact) mass is 303 g/mol. The van der Waals surface area contributed by atoms with Crippen LogP contribution in [0.1, 0.15) is 57.3 Å². The van der Waals surface area contributed by atoms with Crippen LogP contribution in [-0.2, 0) is 0 Å². The fourth-order valence-electron chi connectivity index (χ4n) is 3.30. The summed E-state index contributed by atoms with van der Waals surface area (Å²) >= 11 is 5.97. The minimum atomic E-state index is 0.328. The Morgan fingerprint density at radius 3 is 2.38 bits per heavy atom. The first-order chi connectivity index (χ1) is 10.1. The van der Waals surface area contributed by atoms with Crippen molar-refractivity contribution in [3.63, 3.8) is 0 Å². The smallest absolute Gasteiger partial charge is 0.131 e. The molecule has 1 aliphatic carbocycles. The van der Waals surface area contributed by atoms with Crippen molar-refractivity contribution in [1.29, 1.82) is 0 Å². The first-order valence-corrected chi connectivity index (χ1v) is 8.09. The average molecular weight is 304 g/mol. The van der Waals surface area contributed by atoms with Gasteiger partial charge in [-0.2, -0.15) is 0 Å². The van der Waals surface area contributed by atoms with Crippen molar-refractivity contribution in [2.75, 3.05) is 5.73 Å². The van der Waals surface area contributed by atoms with Crippen molar-refractivity contribution in [3.8, 4) is 11.3 Å². The molecule has 0 atom stereocenters. The summed E-state index contributed by atoms with van der Waals surface area (Å²) < 4.78 is 2.21. The first-order valence-electron chi connectivity index (χ1n) is 7.71. The molecule has 2 N–H and O–H groups in total. The first kappa shape index (κ1) is 14.5. The summed E-state index contributed by atoms with van der Waals surface area (Å²) in [4.78, 5) is 4.91. The zero-order valence-corrected chi connectivity index (χ0v) is 13.4. The van der Waals surface area contributed by atoms with Gasteiger partial charge < -0.3 is 10.3 Å². The fraction of sp³-hybridized carbons (Fsp3) is 0.471. The van der Waals surface area contributed by atoms with E-state index in [-0.39, 0.29) is 0 Å². The number of hydrogen-bond acceptors (Lipinski definition) is 2. The Labute approximate surface area is 131 Å². The van der Waals surface area contributed by atoms with Crippen LogP contribution in [-0.4, -0.2) is 9.55 Å². The summed E-state index contributed by atoms with van der Waals surface area (Å²) in [5.41, 5.74) is 8.34. The summed E-state index contributed by atoms with van der Waals surface area (Å²) in [6.07, 6.45) is 5.05. The van der Waals surface area contributed by atoms with Gasteiger partial charge in [0.05, 0.1) is 0 Å². The maximum Gasteiger partial charge on any atom is 0.131 e. The maximum atomic E-state index is 6.41. The number of anilines is 1. The summed E-state index contributed by atoms with van der Waals surface area (Å²) in [7, 11) is 0. The lowest BCUT2D eigenvalue weighted by Crippen LogP contribution is -2.11. The van der Waals surface area contributed by atoms with Crippen molar-refractivity contribution in [2.24, 2.45) is 0 Å². The van der Waals surface area contributed by atoms with E-state index in [1.54, 1.807) is 0 Å². The molecule has 1 heterocycles. The molecule has 3 rings (SSSR count). The molecule has 1 aromatic carbocycles. The summed E-state index contributed by atoms with van der Waals surface area (Å²) in [5, 5.41) is 0.733. The SMILES string of the molecule is CC(C)n1c(C2CCCC2)nc(-c2ccc(Cl)cc2)c1N. The lowest BCUT2D eigenvalue weighted by Gasteiger charge is -2.17. The Morgan fingerprint density at radius 1 is 1.19 bits per heavy atom. The Morgan fingerprint density at radius 2 is 1.81 bits per heavy atom. The van der Waals surface area contributed by atoms with E-state index in [0.717, 1.165) is 27.9 Å². The van der Waals surface area contributed by atoms with E-state index in [0.29, 0.717) is 12.0 Å². The summed E-state index contributed by atoms with van der Waals surface area (Å²) in [6.45, 7) is 4.34. The van der Waals surface area contributed by atoms with E-state index in [1.165, 1.54) is 25.7 Å². The molecule has 1 aliphatic rings. The van der Waals surface area contributed by atoms with Gasteiger partial charge in [0.1, 0.15) is 17.3 Å². The molecule has 0 radical (unpaired) electrons. The normalized spacial score (nSPS) is 16.0. The van der Waals surface area contributed by atoms with Crippen molar-refractivity contribution < 1.29 is 0 Å². The van der Waals surface area contributed by atoms with Crippen molar-refractivity contribution in [1.82, 2.24) is 9.55 Å². The van der Waals surface area contributed by atoms with Gasteiger partial charge >= 0.3 is 0 Å². The predicted molar refractivity (Wildman–Crippen MR) is 88.7 cm³/mol. The molecule has 1 aromatic heterocycles. The van der Waals surface area contributed by atoms with Crippen LogP contribution < -0.4 is 5.73 Å². The van der Waals surface area contributed by atoms with Crippen LogP contribution in [0.5, 0.6) is 0 Å². The number of nitrogen functional groups attached to an aromatic ring is 1. The molecular formula is C17H22ClN3. The Bertz CT molecular complexity index is 622. The van der Waals surface area contributed by atoms with Crippen LogP contribution in [0.3, 0.4) is 0 Å². The number of nitrogens with zero attached hydrogens (tertiary/aromatic N) is 2. The second-order valence-electron chi connectivity index (χ2n) is 6.16. The van der Waals surface area contributed by atoms with Gasteiger partial charge in [-0.15, -0.1) is 0 Å². The Balaban J connectivity index is 2.09. The zero-order valence-electron chi connectivity index (χ0n) is 12.6. The molecule has 3 nitrogen and oxygen atoms in total. The molecule has 0 saturated heterocycles. The third kappa shape index (κ3) is 2.67. The van der Waals surface area contributed by atoms with Gasteiger partial charge in [0.2, 0.25) is 0 Å². The molecule has 112 valence electrons. The minimum absolute atomic E-state index is 0.328. The summed E-state index contributed by atoms with van der Waals surface area (Å²) in [5.74, 6) is 2.48. The highest BCUT2D eigenvalue weighted by molar-refractivity contribution is 6.30. The molecule has 0 bridgehead atoms. The predicted octanol–water partition coefficient (Wildman–Crippen LogP) is 5.02. The van der Waals surface area contributed by atoms with Gasteiger partial charge in [-0.3, -0.25) is 0 Å². The third-order valence-corrected chi connectivity index (χ3v) is 4.58. The van der Waals surface area contributed by atoms with Gasteiger partial charge in [0.15, 0.2) is 0 Å². The van der Waals surface area contributed by atoms with Crippen molar-refractivity contribution >= 4 is 17.4 Å². The zero-order chi connectivity index (χ0) is 15.0. The standard InChI is InChI=1S/C17H22ClN3/c1-11(2)21-16(19)15(12-7-9-14(18)10-8-12)20-17(21)13-5-3-4-6-13/h7-11,13H,3-6,19H2,1-2H3. The fourth-order valence-corrected chi connectivity index (χ4v) is 3.42. The van der Waals surface area contributed by atoms with Gasteiger partial charge in [-0.05, 0) is 38.8 Å². The highest BCUT2D eigenvalue weighted by Gasteiger charge is 2.26. The molecule has 0 spiro atoms. The van der Waals surface area contributed by atoms with Crippen LogP contribution in [0.4, 0.5) is 5.82 Å². The van der Waals surface area contributed by atoms with Crippen LogP contribution in [0.2, 0.25) is 5.02 Å². The molecule has 4 heteroatoms. The van der Waals surface area contributed by atoms with E-state index in [4.69, 9.17) is 22.3 Å². The number of aromatic nitrogens is 2. The number of nitrogens with two attached hydrogens (primary N) is 1. The largest absolute Gasteiger partial charge is 0.383 e. The lowest BCUT2D eigenvalue weighted by atomic mass is 10.1. The average Bonchev–Trinajstić information content (AvgIpc) is 3.07. The van der Waals surface area contributed by atoms with E-state index in [2.05, 4.69) is 18.4 Å². The second kappa shape index (κ2) is 5.72. The number of halogens is 1. The molecular weight excluding hydrogens is 282 g/mol. The van der Waals surface area contributed by atoms with Crippen LogP contribution >= 0.6 is 11.6 Å². The van der Waals surface area contributed by atoms with E-state index in [1.807, 2.05) is 24.3 Å². The molecule has 0 unspecified atom stereocenters. The lowest BCUT2D eigenvalue weighted by molar-refractivity contribution is 0.534. The minimum Gasteiger partial charge on any atom is -0.383 e. The van der Waals surface area contributed by atoms with Crippen molar-refractivity contribution in [2.45, 2.75) is 51.5 Å². The van der Waals surface area contributed by atoms with Gasteiger partial charge in [-0.1, -0.05) is 36.6 Å². The van der Waals surface area contributed by atoms with Crippen LogP contribution in [0, 0.1) is 0 Å². The quantitative estimate of drug-likeness (QED) is 0.864. The number of rotatable bonds is 3. The number of benzene rings is 1. The molecule has 2 aromatic rings. The van der Waals surface area contributed by atoms with Gasteiger partial charge in [-0.25, -0.2) is 4.98 Å². The summed E-state index contributed by atoms with van der Waals surface area (Å²) in [6, 6.07) is 8.09. The van der Waals surface area contributed by atoms with Gasteiger partial charge in [0, 0.05) is 22.5 Å². The molecule has 21 heavy (non-hydrogen) atoms. The van der Waals surface area contributed by atoms with E-state index >= 15 is 0 Å². The maximum absolute atomic E-state index is 6.41. The molecule has 1 saturated carbocycles. The Hall–Kier alpha value is -1.48. The Kier molecular flexibility index (Phi) is 3.94. The van der Waals surface area contributed by atoms with E-state index < -0.39 is 0 Å². The second-order valence-corrected chi connectivity index (χ2v) is 6.59. The molecule has 1 fully saturated rings. The topological polar surface area (TPSA) is 43.8 Å². The van der Waals surface area contributed by atoms with E-state index in [9.17, 15) is 0 Å². The highest BCUT2D eigenvalue weighted by Crippen LogP contribution is 2.39. The molecule has 0 amide bonds. The van der Waals surface area contributed by atoms with Crippen molar-refractivity contribution in [3.05, 3.63) is 35.1 Å². The van der Waals surface area contributed by atoms with Crippen LogP contribution in [0.15, 0.2) is 24.3 Å². The van der Waals surface area contributed by atoms with Gasteiger partial charge in [0.25, 0.3) is 0 Å². The number of hydrogen-bond donors (Lipinski definition) is 1. The number of imidazole rings is 1. The molecule has 0 aliphatic heterocycles.